The number of rotatable bonds is 0. The number of likely N-dealkylation sites (N-methyl/N-ethyl adjacent to an activating group) is 1. The average Bonchev–Trinajstić information content (AvgIpc) is 2.56. The van der Waals surface area contributed by atoms with Gasteiger partial charge in [-0.25, -0.2) is 13.8 Å². The highest BCUT2D eigenvalue weighted by atomic mass is 35.5. The Labute approximate surface area is 120 Å². The molecule has 0 N–H and O–H groups in total. The van der Waals surface area contributed by atoms with Gasteiger partial charge in [-0.2, -0.15) is 0 Å². The number of nitrogens with zero attached hydrogens (tertiary/aromatic N) is 2. The highest BCUT2D eigenvalue weighted by molar-refractivity contribution is 6.29. The summed E-state index contributed by atoms with van der Waals surface area (Å²) < 4.78 is 26.9. The molecular formula is C14H15ClF2N2O. The van der Waals surface area contributed by atoms with E-state index < -0.39 is 11.3 Å². The lowest BCUT2D eigenvalue weighted by Gasteiger charge is -2.35. The Morgan fingerprint density at radius 3 is 2.50 bits per heavy atom. The largest absolute Gasteiger partial charge is 0.313 e. The number of hydrogen-bond acceptors (Lipinski definition) is 2. The lowest BCUT2D eigenvalue weighted by molar-refractivity contribution is -0.128. The number of hydrogen-bond donors (Lipinski definition) is 0. The molecule has 6 heteroatoms. The van der Waals surface area contributed by atoms with Crippen molar-refractivity contribution in [2.45, 2.75) is 43.9 Å². The molecule has 0 bridgehead atoms. The lowest BCUT2D eigenvalue weighted by atomic mass is 9.71. The third-order valence-electron chi connectivity index (χ3n) is 4.49. The number of halogens is 3. The molecule has 3 nitrogen and oxygen atoms in total. The Morgan fingerprint density at radius 1 is 1.30 bits per heavy atom. The highest BCUT2D eigenvalue weighted by Crippen LogP contribution is 2.52. The molecule has 0 saturated heterocycles. The van der Waals surface area contributed by atoms with E-state index in [4.69, 9.17) is 11.6 Å². The molecule has 1 fully saturated rings. The van der Waals surface area contributed by atoms with Crippen LogP contribution in [0.4, 0.5) is 14.5 Å². The van der Waals surface area contributed by atoms with E-state index in [0.717, 1.165) is 11.3 Å². The zero-order valence-electron chi connectivity index (χ0n) is 11.3. The summed E-state index contributed by atoms with van der Waals surface area (Å²) in [4.78, 5) is 18.4. The summed E-state index contributed by atoms with van der Waals surface area (Å²) in [5.74, 6) is -2.82. The number of anilines is 1. The summed E-state index contributed by atoms with van der Waals surface area (Å²) in [5, 5.41) is 0.307. The third-order valence-corrected chi connectivity index (χ3v) is 4.68. The van der Waals surface area contributed by atoms with Gasteiger partial charge in [-0.15, -0.1) is 0 Å². The van der Waals surface area contributed by atoms with Crippen molar-refractivity contribution in [2.24, 2.45) is 0 Å². The van der Waals surface area contributed by atoms with Crippen molar-refractivity contribution < 1.29 is 13.6 Å². The van der Waals surface area contributed by atoms with E-state index in [1.165, 1.54) is 4.90 Å². The number of alkyl halides is 2. The van der Waals surface area contributed by atoms with Gasteiger partial charge < -0.3 is 4.90 Å². The Kier molecular flexibility index (Phi) is 2.84. The van der Waals surface area contributed by atoms with Crippen LogP contribution >= 0.6 is 11.6 Å². The van der Waals surface area contributed by atoms with Gasteiger partial charge in [0.25, 0.3) is 0 Å². The monoisotopic (exact) mass is 300 g/mol. The first-order valence-electron chi connectivity index (χ1n) is 6.60. The molecule has 20 heavy (non-hydrogen) atoms. The first-order chi connectivity index (χ1) is 9.27. The predicted molar refractivity (Wildman–Crippen MR) is 72.5 cm³/mol. The van der Waals surface area contributed by atoms with Crippen LogP contribution in [0.5, 0.6) is 0 Å². The predicted octanol–water partition coefficient (Wildman–Crippen LogP) is 3.47. The Balaban J connectivity index is 2.14. The summed E-state index contributed by atoms with van der Waals surface area (Å²) in [7, 11) is 1.67. The van der Waals surface area contributed by atoms with Gasteiger partial charge in [-0.3, -0.25) is 4.79 Å². The summed E-state index contributed by atoms with van der Waals surface area (Å²) in [6.45, 7) is 1.85. The summed E-state index contributed by atoms with van der Waals surface area (Å²) in [6, 6.07) is 1.70. The second-order valence-corrected chi connectivity index (χ2v) is 6.15. The molecular weight excluding hydrogens is 286 g/mol. The van der Waals surface area contributed by atoms with E-state index in [1.54, 1.807) is 13.1 Å². The molecule has 2 aliphatic rings. The fraction of sp³-hybridized carbons (Fsp3) is 0.571. The molecule has 0 unspecified atom stereocenters. The van der Waals surface area contributed by atoms with Crippen molar-refractivity contribution >= 4 is 23.2 Å². The minimum absolute atomic E-state index is 0.128. The van der Waals surface area contributed by atoms with Crippen LogP contribution in [0.2, 0.25) is 5.15 Å². The number of carbonyl (C=O) groups is 1. The minimum Gasteiger partial charge on any atom is -0.313 e. The molecule has 0 aromatic carbocycles. The topological polar surface area (TPSA) is 33.2 Å². The van der Waals surface area contributed by atoms with Crippen LogP contribution in [0.25, 0.3) is 0 Å². The van der Waals surface area contributed by atoms with Crippen molar-refractivity contribution in [1.82, 2.24) is 4.98 Å². The maximum atomic E-state index is 13.4. The van der Waals surface area contributed by atoms with Crippen LogP contribution in [0.1, 0.15) is 36.9 Å². The van der Waals surface area contributed by atoms with Gasteiger partial charge in [0, 0.05) is 19.9 Å². The van der Waals surface area contributed by atoms with E-state index >= 15 is 0 Å². The molecule has 108 valence electrons. The summed E-state index contributed by atoms with van der Waals surface area (Å²) >= 11 is 5.99. The molecule has 2 heterocycles. The second kappa shape index (κ2) is 4.13. The second-order valence-electron chi connectivity index (χ2n) is 5.76. The van der Waals surface area contributed by atoms with Gasteiger partial charge in [-0.1, -0.05) is 11.6 Å². The van der Waals surface area contributed by atoms with Crippen molar-refractivity contribution in [3.63, 3.8) is 0 Å². The molecule has 0 atom stereocenters. The number of aryl methyl sites for hydroxylation is 1. The van der Waals surface area contributed by atoms with Crippen LogP contribution in [0, 0.1) is 6.92 Å². The molecule has 1 aliphatic heterocycles. The van der Waals surface area contributed by atoms with E-state index in [0.29, 0.717) is 10.8 Å². The van der Waals surface area contributed by atoms with Crippen LogP contribution in [-0.2, 0) is 10.2 Å². The van der Waals surface area contributed by atoms with Crippen LogP contribution < -0.4 is 4.90 Å². The molecule has 1 amide bonds. The Hall–Kier alpha value is -1.23. The zero-order valence-corrected chi connectivity index (χ0v) is 12.1. The fourth-order valence-electron chi connectivity index (χ4n) is 3.40. The number of carbonyl (C=O) groups excluding carboxylic acids is 1. The van der Waals surface area contributed by atoms with Crippen molar-refractivity contribution in [3.05, 3.63) is 22.5 Å². The lowest BCUT2D eigenvalue weighted by Crippen LogP contribution is -2.44. The number of amides is 1. The first-order valence-corrected chi connectivity index (χ1v) is 6.98. The Bertz CT molecular complexity index is 593. The van der Waals surface area contributed by atoms with Crippen LogP contribution in [0.15, 0.2) is 6.07 Å². The van der Waals surface area contributed by atoms with Gasteiger partial charge in [-0.05, 0) is 31.4 Å². The molecule has 1 aromatic rings. The standard InChI is InChI=1S/C14H15ClF2N2O/c1-8-7-9(15)18-11-10(8)19(2)12(20)13(11)3-5-14(16,17)6-4-13/h7H,3-6H2,1-2H3. The van der Waals surface area contributed by atoms with Crippen molar-refractivity contribution in [3.8, 4) is 0 Å². The first kappa shape index (κ1) is 13.7. The SMILES string of the molecule is Cc1cc(Cl)nc2c1N(C)C(=O)C21CCC(F)(F)CC1. The Morgan fingerprint density at radius 2 is 1.90 bits per heavy atom. The minimum atomic E-state index is -2.68. The normalized spacial score (nSPS) is 23.2. The molecule has 1 saturated carbocycles. The summed E-state index contributed by atoms with van der Waals surface area (Å²) in [6.07, 6.45) is -0.301. The van der Waals surface area contributed by atoms with Gasteiger partial charge in [0.2, 0.25) is 11.8 Å². The zero-order chi connectivity index (χ0) is 14.7. The van der Waals surface area contributed by atoms with Crippen LogP contribution in [-0.4, -0.2) is 23.9 Å². The third kappa shape index (κ3) is 1.75. The van der Waals surface area contributed by atoms with Gasteiger partial charge in [0.05, 0.1) is 16.8 Å². The van der Waals surface area contributed by atoms with E-state index in [1.807, 2.05) is 6.92 Å². The van der Waals surface area contributed by atoms with Crippen LogP contribution in [0.3, 0.4) is 0 Å². The maximum Gasteiger partial charge on any atom is 0.248 e. The summed E-state index contributed by atoms with van der Waals surface area (Å²) in [5.41, 5.74) is 1.24. The fourth-order valence-corrected chi connectivity index (χ4v) is 3.65. The number of pyridine rings is 1. The molecule has 1 aliphatic carbocycles. The number of aromatic nitrogens is 1. The molecule has 1 aromatic heterocycles. The highest BCUT2D eigenvalue weighted by Gasteiger charge is 2.56. The van der Waals surface area contributed by atoms with Gasteiger partial charge >= 0.3 is 0 Å². The smallest absolute Gasteiger partial charge is 0.248 e. The number of fused-ring (bicyclic) bond motifs is 2. The molecule has 1 spiro atoms. The molecule has 3 rings (SSSR count). The van der Waals surface area contributed by atoms with Gasteiger partial charge in [0.15, 0.2) is 0 Å². The van der Waals surface area contributed by atoms with E-state index in [2.05, 4.69) is 4.98 Å². The van der Waals surface area contributed by atoms with E-state index in [9.17, 15) is 13.6 Å². The van der Waals surface area contributed by atoms with Crippen molar-refractivity contribution in [2.75, 3.05) is 11.9 Å². The maximum absolute atomic E-state index is 13.4. The quantitative estimate of drug-likeness (QED) is 0.687. The van der Waals surface area contributed by atoms with E-state index in [-0.39, 0.29) is 31.6 Å². The van der Waals surface area contributed by atoms with Crippen molar-refractivity contribution in [1.29, 1.82) is 0 Å². The molecule has 0 radical (unpaired) electrons. The van der Waals surface area contributed by atoms with Gasteiger partial charge in [0.1, 0.15) is 5.15 Å². The average molecular weight is 301 g/mol.